The van der Waals surface area contributed by atoms with Crippen LogP contribution in [-0.4, -0.2) is 23.2 Å². The van der Waals surface area contributed by atoms with E-state index < -0.39 is 12.0 Å². The van der Waals surface area contributed by atoms with Crippen LogP contribution in [0.4, 0.5) is 0 Å². The molecule has 0 spiro atoms. The Labute approximate surface area is 76.9 Å². The van der Waals surface area contributed by atoms with E-state index in [0.29, 0.717) is 0 Å². The maximum atomic E-state index is 10.4. The van der Waals surface area contributed by atoms with E-state index in [0.717, 1.165) is 18.4 Å². The third-order valence-electron chi connectivity index (χ3n) is 2.00. The predicted molar refractivity (Wildman–Crippen MR) is 50.0 cm³/mol. The van der Waals surface area contributed by atoms with Crippen molar-refractivity contribution >= 4 is 5.97 Å². The molecule has 0 aromatic rings. The molecule has 72 valence electrons. The van der Waals surface area contributed by atoms with Crippen molar-refractivity contribution in [2.24, 2.45) is 11.5 Å². The van der Waals surface area contributed by atoms with E-state index in [9.17, 15) is 4.79 Å². The summed E-state index contributed by atoms with van der Waals surface area (Å²) in [5.74, 6) is -1.00. The molecule has 1 aliphatic rings. The Morgan fingerprint density at radius 2 is 2.46 bits per heavy atom. The fourth-order valence-corrected chi connectivity index (χ4v) is 1.20. The number of allylic oxidation sites excluding steroid dienone is 2. The maximum Gasteiger partial charge on any atom is 0.324 e. The standard InChI is InChI=1S/C9H14N2O2/c10-7-3-1-6(2-4-7)5-8(11)9(12)13/h1,3,5,7-8H,2,4,10-11H2,(H,12,13)/t7-,8?/m0/s1. The SMILES string of the molecule is NC(C=C1C=C[C@H](N)CC1)C(=O)O. The molecule has 1 unspecified atom stereocenters. The number of nitrogens with two attached hydrogens (primary N) is 2. The Balaban J connectivity index is 2.62. The van der Waals surface area contributed by atoms with E-state index in [1.807, 2.05) is 12.2 Å². The van der Waals surface area contributed by atoms with Crippen molar-refractivity contribution in [2.45, 2.75) is 24.9 Å². The van der Waals surface area contributed by atoms with Crippen LogP contribution in [-0.2, 0) is 4.79 Å². The van der Waals surface area contributed by atoms with E-state index in [1.165, 1.54) is 0 Å². The van der Waals surface area contributed by atoms with Gasteiger partial charge in [-0.15, -0.1) is 0 Å². The van der Waals surface area contributed by atoms with Crippen LogP contribution >= 0.6 is 0 Å². The highest BCUT2D eigenvalue weighted by atomic mass is 16.4. The van der Waals surface area contributed by atoms with Crippen molar-refractivity contribution in [2.75, 3.05) is 0 Å². The van der Waals surface area contributed by atoms with Crippen LogP contribution in [0, 0.1) is 0 Å². The Morgan fingerprint density at radius 1 is 1.77 bits per heavy atom. The number of aliphatic carboxylic acids is 1. The molecule has 0 fully saturated rings. The lowest BCUT2D eigenvalue weighted by Crippen LogP contribution is -2.28. The van der Waals surface area contributed by atoms with E-state index in [2.05, 4.69) is 0 Å². The summed E-state index contributed by atoms with van der Waals surface area (Å²) in [4.78, 5) is 10.4. The summed E-state index contributed by atoms with van der Waals surface area (Å²) in [6, 6.07) is -0.813. The largest absolute Gasteiger partial charge is 0.480 e. The molecule has 4 heteroatoms. The first-order valence-electron chi connectivity index (χ1n) is 4.22. The number of carboxylic acids is 1. The van der Waals surface area contributed by atoms with E-state index >= 15 is 0 Å². The molecule has 4 nitrogen and oxygen atoms in total. The molecule has 5 N–H and O–H groups in total. The van der Waals surface area contributed by atoms with E-state index in [1.54, 1.807) is 6.08 Å². The van der Waals surface area contributed by atoms with Gasteiger partial charge >= 0.3 is 5.97 Å². The molecule has 0 saturated carbocycles. The lowest BCUT2D eigenvalue weighted by atomic mass is 9.97. The van der Waals surface area contributed by atoms with Gasteiger partial charge < -0.3 is 16.6 Å². The van der Waals surface area contributed by atoms with Gasteiger partial charge in [-0.1, -0.05) is 23.8 Å². The van der Waals surface area contributed by atoms with Gasteiger partial charge in [0, 0.05) is 6.04 Å². The number of carboxylic acid groups (broad SMARTS) is 1. The van der Waals surface area contributed by atoms with Crippen molar-refractivity contribution in [1.82, 2.24) is 0 Å². The van der Waals surface area contributed by atoms with Gasteiger partial charge in [-0.3, -0.25) is 4.79 Å². The van der Waals surface area contributed by atoms with Crippen LogP contribution in [0.25, 0.3) is 0 Å². The first-order valence-corrected chi connectivity index (χ1v) is 4.22. The van der Waals surface area contributed by atoms with Crippen LogP contribution in [0.3, 0.4) is 0 Å². The molecule has 0 aromatic carbocycles. The number of hydrogen-bond donors (Lipinski definition) is 3. The van der Waals surface area contributed by atoms with Gasteiger partial charge in [0.1, 0.15) is 6.04 Å². The molecule has 1 aliphatic carbocycles. The third kappa shape index (κ3) is 3.01. The smallest absolute Gasteiger partial charge is 0.324 e. The fraction of sp³-hybridized carbons (Fsp3) is 0.444. The molecule has 2 atom stereocenters. The Hall–Kier alpha value is -1.13. The monoisotopic (exact) mass is 182 g/mol. The zero-order valence-electron chi connectivity index (χ0n) is 7.31. The first-order chi connectivity index (χ1) is 6.09. The van der Waals surface area contributed by atoms with Crippen LogP contribution in [0.2, 0.25) is 0 Å². The van der Waals surface area contributed by atoms with Gasteiger partial charge in [0.05, 0.1) is 0 Å². The lowest BCUT2D eigenvalue weighted by Gasteiger charge is -2.14. The normalized spacial score (nSPS) is 27.5. The summed E-state index contributed by atoms with van der Waals surface area (Å²) in [7, 11) is 0. The molecular weight excluding hydrogens is 168 g/mol. The highest BCUT2D eigenvalue weighted by Gasteiger charge is 2.11. The highest BCUT2D eigenvalue weighted by molar-refractivity contribution is 5.75. The van der Waals surface area contributed by atoms with E-state index in [-0.39, 0.29) is 6.04 Å². The number of rotatable bonds is 2. The molecule has 13 heavy (non-hydrogen) atoms. The summed E-state index contributed by atoms with van der Waals surface area (Å²) >= 11 is 0. The van der Waals surface area contributed by atoms with Crippen molar-refractivity contribution in [3.8, 4) is 0 Å². The summed E-state index contributed by atoms with van der Waals surface area (Å²) in [6.07, 6.45) is 6.93. The topological polar surface area (TPSA) is 89.3 Å². The zero-order valence-corrected chi connectivity index (χ0v) is 7.31. The highest BCUT2D eigenvalue weighted by Crippen LogP contribution is 2.15. The molecule has 0 aliphatic heterocycles. The second-order valence-corrected chi connectivity index (χ2v) is 3.17. The lowest BCUT2D eigenvalue weighted by molar-refractivity contribution is -0.137. The summed E-state index contributed by atoms with van der Waals surface area (Å²) in [6.45, 7) is 0. The quantitative estimate of drug-likeness (QED) is 0.561. The Morgan fingerprint density at radius 3 is 2.92 bits per heavy atom. The maximum absolute atomic E-state index is 10.4. The molecule has 0 bridgehead atoms. The van der Waals surface area contributed by atoms with Crippen molar-refractivity contribution in [3.63, 3.8) is 0 Å². The minimum atomic E-state index is -1.00. The minimum absolute atomic E-state index is 0.0956. The molecule has 0 aromatic heterocycles. The molecular formula is C9H14N2O2. The predicted octanol–water partition coefficient (Wildman–Crippen LogP) is 0.00200. The second-order valence-electron chi connectivity index (χ2n) is 3.17. The first kappa shape index (κ1) is 9.95. The van der Waals surface area contributed by atoms with Crippen molar-refractivity contribution < 1.29 is 9.90 Å². The van der Waals surface area contributed by atoms with Crippen LogP contribution < -0.4 is 11.5 Å². The van der Waals surface area contributed by atoms with Crippen LogP contribution in [0.1, 0.15) is 12.8 Å². The molecule has 0 radical (unpaired) electrons. The summed E-state index contributed by atoms with van der Waals surface area (Å²) in [5, 5.41) is 8.55. The molecule has 1 rings (SSSR count). The van der Waals surface area contributed by atoms with Crippen LogP contribution in [0.5, 0.6) is 0 Å². The fourth-order valence-electron chi connectivity index (χ4n) is 1.20. The molecule has 0 amide bonds. The average molecular weight is 182 g/mol. The summed E-state index contributed by atoms with van der Waals surface area (Å²) < 4.78 is 0. The van der Waals surface area contributed by atoms with Crippen LogP contribution in [0.15, 0.2) is 23.8 Å². The van der Waals surface area contributed by atoms with Gasteiger partial charge in [0.15, 0.2) is 0 Å². The van der Waals surface area contributed by atoms with Gasteiger partial charge in [0.25, 0.3) is 0 Å². The summed E-state index contributed by atoms with van der Waals surface area (Å²) in [5.41, 5.74) is 11.9. The van der Waals surface area contributed by atoms with Crippen molar-refractivity contribution in [1.29, 1.82) is 0 Å². The molecule has 0 heterocycles. The van der Waals surface area contributed by atoms with Gasteiger partial charge in [-0.05, 0) is 12.8 Å². The third-order valence-corrected chi connectivity index (χ3v) is 2.00. The number of carbonyl (C=O) groups is 1. The Kier molecular flexibility index (Phi) is 3.22. The van der Waals surface area contributed by atoms with Gasteiger partial charge in [0.2, 0.25) is 0 Å². The van der Waals surface area contributed by atoms with E-state index in [4.69, 9.17) is 16.6 Å². The van der Waals surface area contributed by atoms with Crippen molar-refractivity contribution in [3.05, 3.63) is 23.8 Å². The minimum Gasteiger partial charge on any atom is -0.480 e. The Bertz CT molecular complexity index is 258. The van der Waals surface area contributed by atoms with Gasteiger partial charge in [-0.2, -0.15) is 0 Å². The number of hydrogen-bond acceptors (Lipinski definition) is 3. The molecule has 0 saturated heterocycles. The average Bonchev–Trinajstić information content (AvgIpc) is 2.08. The van der Waals surface area contributed by atoms with Gasteiger partial charge in [-0.25, -0.2) is 0 Å². The second kappa shape index (κ2) is 4.20. The zero-order chi connectivity index (χ0) is 9.84.